The van der Waals surface area contributed by atoms with Crippen LogP contribution in [0.2, 0.25) is 0 Å². The van der Waals surface area contributed by atoms with Gasteiger partial charge in [0.05, 0.1) is 5.25 Å². The first kappa shape index (κ1) is 11.2. The van der Waals surface area contributed by atoms with E-state index < -0.39 is 0 Å². The molecule has 0 spiro atoms. The molecule has 2 aliphatic rings. The second-order valence-corrected chi connectivity index (χ2v) is 6.91. The lowest BCUT2D eigenvalue weighted by Gasteiger charge is -2.32. The summed E-state index contributed by atoms with van der Waals surface area (Å²) in [5.41, 5.74) is -0.123. The number of carbonyl (C=O) groups excluding carboxylic acids is 2. The van der Waals surface area contributed by atoms with Crippen molar-refractivity contribution in [1.82, 2.24) is 0 Å². The Hall–Kier alpha value is -0.310. The molecule has 84 valence electrons. The number of Topliss-reactive ketones (excluding diaryl/α,β-unsaturated/α-hetero) is 1. The van der Waals surface area contributed by atoms with Crippen LogP contribution in [0.25, 0.3) is 0 Å². The van der Waals surface area contributed by atoms with Gasteiger partial charge in [0.25, 0.3) is 0 Å². The Balaban J connectivity index is 2.34. The van der Waals surface area contributed by atoms with E-state index in [1.54, 1.807) is 6.92 Å². The van der Waals surface area contributed by atoms with E-state index >= 15 is 0 Å². The molecule has 0 heterocycles. The quantitative estimate of drug-likeness (QED) is 0.689. The van der Waals surface area contributed by atoms with Gasteiger partial charge >= 0.3 is 0 Å². The fraction of sp³-hybridized carbons (Fsp3) is 0.833. The van der Waals surface area contributed by atoms with Crippen molar-refractivity contribution in [2.24, 2.45) is 16.7 Å². The van der Waals surface area contributed by atoms with E-state index in [1.165, 1.54) is 11.8 Å². The molecule has 2 nitrogen and oxygen atoms in total. The Bertz CT molecular complexity index is 335. The topological polar surface area (TPSA) is 34.1 Å². The van der Waals surface area contributed by atoms with Crippen LogP contribution in [0, 0.1) is 16.7 Å². The van der Waals surface area contributed by atoms with Crippen molar-refractivity contribution in [1.29, 1.82) is 0 Å². The van der Waals surface area contributed by atoms with Gasteiger partial charge in [-0.2, -0.15) is 0 Å². The molecule has 0 saturated heterocycles. The summed E-state index contributed by atoms with van der Waals surface area (Å²) in [6.07, 6.45) is 2.10. The van der Waals surface area contributed by atoms with Crippen LogP contribution in [0.5, 0.6) is 0 Å². The van der Waals surface area contributed by atoms with Crippen LogP contribution in [0.15, 0.2) is 0 Å². The van der Waals surface area contributed by atoms with E-state index in [1.807, 2.05) is 0 Å². The lowest BCUT2D eigenvalue weighted by molar-refractivity contribution is -0.128. The monoisotopic (exact) mass is 226 g/mol. The predicted molar refractivity (Wildman–Crippen MR) is 61.7 cm³/mol. The lowest BCUT2D eigenvalue weighted by atomic mass is 9.70. The van der Waals surface area contributed by atoms with Crippen LogP contribution in [-0.4, -0.2) is 16.1 Å². The summed E-state index contributed by atoms with van der Waals surface area (Å²) in [6, 6.07) is 0. The molecular formula is C12H18O2S. The first-order valence-corrected chi connectivity index (χ1v) is 6.40. The third-order valence-electron chi connectivity index (χ3n) is 4.77. The van der Waals surface area contributed by atoms with Crippen LogP contribution >= 0.6 is 11.8 Å². The number of thioether (sulfide) groups is 1. The van der Waals surface area contributed by atoms with Gasteiger partial charge in [-0.3, -0.25) is 9.59 Å². The maximum Gasteiger partial charge on any atom is 0.186 e. The van der Waals surface area contributed by atoms with Gasteiger partial charge in [0.1, 0.15) is 0 Å². The Morgan fingerprint density at radius 1 is 1.40 bits per heavy atom. The van der Waals surface area contributed by atoms with Gasteiger partial charge in [0, 0.05) is 12.3 Å². The van der Waals surface area contributed by atoms with E-state index in [0.29, 0.717) is 11.7 Å². The predicted octanol–water partition coefficient (Wildman–Crippen LogP) is 2.66. The van der Waals surface area contributed by atoms with Gasteiger partial charge in [-0.1, -0.05) is 32.5 Å². The minimum Gasteiger partial charge on any atom is -0.298 e. The molecule has 0 radical (unpaired) electrons. The maximum atomic E-state index is 12.3. The lowest BCUT2D eigenvalue weighted by Crippen LogP contribution is -2.34. The molecule has 0 aromatic rings. The highest BCUT2D eigenvalue weighted by molar-refractivity contribution is 8.14. The van der Waals surface area contributed by atoms with Crippen molar-refractivity contribution >= 4 is 22.7 Å². The highest BCUT2D eigenvalue weighted by Crippen LogP contribution is 2.65. The molecule has 1 unspecified atom stereocenters. The summed E-state index contributed by atoms with van der Waals surface area (Å²) in [4.78, 5) is 23.4. The second kappa shape index (κ2) is 3.09. The minimum atomic E-state index is -0.190. The van der Waals surface area contributed by atoms with Crippen molar-refractivity contribution in [3.05, 3.63) is 0 Å². The minimum absolute atomic E-state index is 0.0667. The largest absolute Gasteiger partial charge is 0.298 e. The number of ketones is 1. The van der Waals surface area contributed by atoms with Gasteiger partial charge in [0.2, 0.25) is 0 Å². The highest BCUT2D eigenvalue weighted by Gasteiger charge is 2.66. The van der Waals surface area contributed by atoms with Crippen molar-refractivity contribution in [3.63, 3.8) is 0 Å². The molecule has 2 aliphatic carbocycles. The fourth-order valence-electron chi connectivity index (χ4n) is 3.32. The van der Waals surface area contributed by atoms with Crippen molar-refractivity contribution in [2.75, 3.05) is 0 Å². The molecule has 0 amide bonds. The first-order valence-electron chi connectivity index (χ1n) is 5.52. The molecular weight excluding hydrogens is 208 g/mol. The normalized spacial score (nSPS) is 42.3. The molecule has 0 N–H and O–H groups in total. The van der Waals surface area contributed by atoms with E-state index in [2.05, 4.69) is 20.8 Å². The Kier molecular flexibility index (Phi) is 2.31. The average molecular weight is 226 g/mol. The van der Waals surface area contributed by atoms with E-state index in [0.717, 1.165) is 12.8 Å². The Labute approximate surface area is 95.2 Å². The molecule has 2 fully saturated rings. The molecule has 3 atom stereocenters. The number of hydrogen-bond donors (Lipinski definition) is 0. The molecule has 0 aromatic heterocycles. The molecule has 2 saturated carbocycles. The van der Waals surface area contributed by atoms with Crippen LogP contribution in [-0.2, 0) is 9.59 Å². The molecule has 3 heteroatoms. The first-order chi connectivity index (χ1) is 6.80. The second-order valence-electron chi connectivity index (χ2n) is 5.59. The van der Waals surface area contributed by atoms with Crippen molar-refractivity contribution < 1.29 is 9.59 Å². The van der Waals surface area contributed by atoms with Gasteiger partial charge in [-0.05, 0) is 24.2 Å². The van der Waals surface area contributed by atoms with Crippen molar-refractivity contribution in [2.45, 2.75) is 45.8 Å². The van der Waals surface area contributed by atoms with E-state index in [-0.39, 0.29) is 21.2 Å². The summed E-state index contributed by atoms with van der Waals surface area (Å²) < 4.78 is 0. The van der Waals surface area contributed by atoms with Crippen LogP contribution < -0.4 is 0 Å². The molecule has 0 aromatic carbocycles. The van der Waals surface area contributed by atoms with Gasteiger partial charge < -0.3 is 0 Å². The maximum absolute atomic E-state index is 12.3. The zero-order chi connectivity index (χ0) is 11.4. The number of fused-ring (bicyclic) bond motifs is 2. The number of carbonyl (C=O) groups is 2. The highest BCUT2D eigenvalue weighted by atomic mass is 32.2. The average Bonchev–Trinajstić information content (AvgIpc) is 2.40. The third-order valence-corrected chi connectivity index (χ3v) is 5.89. The molecule has 2 bridgehead atoms. The van der Waals surface area contributed by atoms with Gasteiger partial charge in [0.15, 0.2) is 10.9 Å². The summed E-state index contributed by atoms with van der Waals surface area (Å²) in [6.45, 7) is 8.00. The SMILES string of the molecule is CC(=O)SC1C(=O)[C@@]2(C)CC[C@@H]1C2(C)C. The summed E-state index contributed by atoms with van der Waals surface area (Å²) >= 11 is 1.25. The van der Waals surface area contributed by atoms with Crippen LogP contribution in [0.1, 0.15) is 40.5 Å². The van der Waals surface area contributed by atoms with Gasteiger partial charge in [-0.25, -0.2) is 0 Å². The van der Waals surface area contributed by atoms with Crippen LogP contribution in [0.4, 0.5) is 0 Å². The number of hydrogen-bond acceptors (Lipinski definition) is 3. The molecule has 15 heavy (non-hydrogen) atoms. The smallest absolute Gasteiger partial charge is 0.186 e. The fourth-order valence-corrected chi connectivity index (χ4v) is 4.68. The zero-order valence-electron chi connectivity index (χ0n) is 9.79. The Morgan fingerprint density at radius 2 is 2.00 bits per heavy atom. The van der Waals surface area contributed by atoms with Crippen LogP contribution in [0.3, 0.4) is 0 Å². The van der Waals surface area contributed by atoms with E-state index in [9.17, 15) is 9.59 Å². The van der Waals surface area contributed by atoms with Gasteiger partial charge in [-0.15, -0.1) is 0 Å². The molecule has 2 rings (SSSR count). The van der Waals surface area contributed by atoms with Crippen molar-refractivity contribution in [3.8, 4) is 0 Å². The third kappa shape index (κ3) is 1.25. The zero-order valence-corrected chi connectivity index (χ0v) is 10.6. The summed E-state index contributed by atoms with van der Waals surface area (Å²) in [7, 11) is 0. The number of rotatable bonds is 1. The summed E-state index contributed by atoms with van der Waals surface area (Å²) in [5, 5.41) is -0.00319. The standard InChI is InChI=1S/C12H18O2S/c1-7(13)15-9-8-5-6-12(4,10(9)14)11(8,2)3/h8-9H,5-6H2,1-4H3/t8-,9?,12+/m0/s1. The summed E-state index contributed by atoms with van der Waals surface area (Å²) in [5.74, 6) is 0.702. The van der Waals surface area contributed by atoms with E-state index in [4.69, 9.17) is 0 Å². The molecule has 0 aliphatic heterocycles. The Morgan fingerprint density at radius 3 is 2.40 bits per heavy atom.